The molecule has 1 atom stereocenters. The highest BCUT2D eigenvalue weighted by Crippen LogP contribution is 2.22. The van der Waals surface area contributed by atoms with Crippen molar-refractivity contribution < 1.29 is 9.69 Å². The van der Waals surface area contributed by atoms with Crippen LogP contribution in [-0.2, 0) is 13.0 Å². The van der Waals surface area contributed by atoms with Crippen molar-refractivity contribution in [2.75, 3.05) is 13.6 Å². The standard InChI is InChI=1S/C20H22N2O/c1-3-16-10-7-11-17-18(12-21-20(16)17)19(23)14-22(2)13-15-8-5-4-6-9-15/h4-12,21H,3,13-14H2,1-2H3/p+1. The van der Waals surface area contributed by atoms with E-state index < -0.39 is 0 Å². The van der Waals surface area contributed by atoms with Crippen LogP contribution in [0.1, 0.15) is 28.4 Å². The normalized spacial score (nSPS) is 12.4. The van der Waals surface area contributed by atoms with Gasteiger partial charge in [0, 0.05) is 28.2 Å². The van der Waals surface area contributed by atoms with Crippen molar-refractivity contribution >= 4 is 16.7 Å². The van der Waals surface area contributed by atoms with E-state index in [-0.39, 0.29) is 5.78 Å². The molecule has 1 heterocycles. The minimum atomic E-state index is 0.193. The van der Waals surface area contributed by atoms with Crippen molar-refractivity contribution in [2.45, 2.75) is 19.9 Å². The van der Waals surface area contributed by atoms with Crippen molar-refractivity contribution in [3.8, 4) is 0 Å². The number of aromatic nitrogens is 1. The van der Waals surface area contributed by atoms with Gasteiger partial charge in [0.2, 0.25) is 5.78 Å². The summed E-state index contributed by atoms with van der Waals surface area (Å²) < 4.78 is 0. The Morgan fingerprint density at radius 1 is 1.09 bits per heavy atom. The highest BCUT2D eigenvalue weighted by atomic mass is 16.1. The lowest BCUT2D eigenvalue weighted by Gasteiger charge is -2.13. The topological polar surface area (TPSA) is 37.3 Å². The maximum absolute atomic E-state index is 12.7. The summed E-state index contributed by atoms with van der Waals surface area (Å²) in [6, 6.07) is 16.5. The number of aromatic amines is 1. The molecular formula is C20H23N2O+. The second-order valence-corrected chi connectivity index (χ2v) is 6.12. The first kappa shape index (κ1) is 15.5. The molecule has 0 bridgehead atoms. The maximum atomic E-state index is 12.7. The molecule has 0 aliphatic carbocycles. The number of quaternary nitrogens is 1. The molecule has 2 N–H and O–H groups in total. The summed E-state index contributed by atoms with van der Waals surface area (Å²) >= 11 is 0. The number of likely N-dealkylation sites (N-methyl/N-ethyl adjacent to an activating group) is 1. The van der Waals surface area contributed by atoms with Crippen molar-refractivity contribution in [3.05, 3.63) is 71.4 Å². The highest BCUT2D eigenvalue weighted by molar-refractivity contribution is 6.08. The first-order valence-corrected chi connectivity index (χ1v) is 8.16. The molecule has 23 heavy (non-hydrogen) atoms. The third-order valence-electron chi connectivity index (χ3n) is 4.29. The fourth-order valence-corrected chi connectivity index (χ4v) is 3.12. The molecule has 3 nitrogen and oxygen atoms in total. The van der Waals surface area contributed by atoms with Gasteiger partial charge in [0.15, 0.2) is 0 Å². The van der Waals surface area contributed by atoms with Gasteiger partial charge in [-0.3, -0.25) is 4.79 Å². The first-order chi connectivity index (χ1) is 11.2. The fraction of sp³-hybridized carbons (Fsp3) is 0.250. The number of para-hydroxylation sites is 1. The Morgan fingerprint density at radius 3 is 2.61 bits per heavy atom. The molecule has 118 valence electrons. The summed E-state index contributed by atoms with van der Waals surface area (Å²) in [7, 11) is 2.07. The molecule has 1 unspecified atom stereocenters. The zero-order valence-corrected chi connectivity index (χ0v) is 13.7. The number of nitrogens with one attached hydrogen (secondary N) is 2. The van der Waals surface area contributed by atoms with Gasteiger partial charge in [-0.25, -0.2) is 0 Å². The molecular weight excluding hydrogens is 284 g/mol. The number of carbonyl (C=O) groups excluding carboxylic acids is 1. The van der Waals surface area contributed by atoms with E-state index in [1.807, 2.05) is 36.5 Å². The number of H-pyrrole nitrogens is 1. The number of carbonyl (C=O) groups is 1. The molecule has 0 radical (unpaired) electrons. The summed E-state index contributed by atoms with van der Waals surface area (Å²) in [5.74, 6) is 0.193. The minimum absolute atomic E-state index is 0.193. The number of benzene rings is 2. The third kappa shape index (κ3) is 3.35. The molecule has 1 aromatic heterocycles. The Hall–Kier alpha value is -2.39. The molecule has 0 spiro atoms. The molecule has 0 saturated heterocycles. The average molecular weight is 307 g/mol. The van der Waals surface area contributed by atoms with Gasteiger partial charge >= 0.3 is 0 Å². The van der Waals surface area contributed by atoms with Crippen molar-refractivity contribution in [3.63, 3.8) is 0 Å². The number of aryl methyl sites for hydroxylation is 1. The number of Topliss-reactive ketones (excluding diaryl/α,β-unsaturated/α-hetero) is 1. The lowest BCUT2D eigenvalue weighted by molar-refractivity contribution is -0.884. The molecule has 0 aliphatic heterocycles. The van der Waals surface area contributed by atoms with Crippen LogP contribution in [0.2, 0.25) is 0 Å². The lowest BCUT2D eigenvalue weighted by Crippen LogP contribution is -3.08. The molecule has 0 aliphatic rings. The van der Waals surface area contributed by atoms with E-state index >= 15 is 0 Å². The second kappa shape index (κ2) is 6.80. The van der Waals surface area contributed by atoms with Crippen molar-refractivity contribution in [2.24, 2.45) is 0 Å². The minimum Gasteiger partial charge on any atom is -0.360 e. The summed E-state index contributed by atoms with van der Waals surface area (Å²) in [4.78, 5) is 17.2. The summed E-state index contributed by atoms with van der Waals surface area (Å²) in [5, 5.41) is 1.04. The summed E-state index contributed by atoms with van der Waals surface area (Å²) in [5.41, 5.74) is 4.42. The van der Waals surface area contributed by atoms with E-state index in [9.17, 15) is 4.79 Å². The van der Waals surface area contributed by atoms with Crippen LogP contribution < -0.4 is 4.90 Å². The van der Waals surface area contributed by atoms with Crippen LogP contribution in [-0.4, -0.2) is 24.4 Å². The average Bonchev–Trinajstić information content (AvgIpc) is 2.99. The van der Waals surface area contributed by atoms with Crippen molar-refractivity contribution in [1.29, 1.82) is 0 Å². The van der Waals surface area contributed by atoms with Gasteiger partial charge in [0.1, 0.15) is 13.1 Å². The van der Waals surface area contributed by atoms with Gasteiger partial charge in [-0.05, 0) is 12.0 Å². The van der Waals surface area contributed by atoms with Gasteiger partial charge < -0.3 is 9.88 Å². The predicted octanol–water partition coefficient (Wildman–Crippen LogP) is 2.63. The van der Waals surface area contributed by atoms with E-state index in [2.05, 4.69) is 37.2 Å². The molecule has 2 aromatic carbocycles. The van der Waals surface area contributed by atoms with Gasteiger partial charge in [-0.2, -0.15) is 0 Å². The maximum Gasteiger partial charge on any atom is 0.219 e. The van der Waals surface area contributed by atoms with Gasteiger partial charge in [0.25, 0.3) is 0 Å². The Morgan fingerprint density at radius 2 is 1.87 bits per heavy atom. The van der Waals surface area contributed by atoms with Crippen LogP contribution in [0.5, 0.6) is 0 Å². The number of hydrogen-bond donors (Lipinski definition) is 2. The van der Waals surface area contributed by atoms with Crippen LogP contribution in [0.3, 0.4) is 0 Å². The van der Waals surface area contributed by atoms with Crippen LogP contribution in [0.4, 0.5) is 0 Å². The summed E-state index contributed by atoms with van der Waals surface area (Å²) in [6.07, 6.45) is 2.83. The Bertz CT molecular complexity index is 805. The fourth-order valence-electron chi connectivity index (χ4n) is 3.12. The quantitative estimate of drug-likeness (QED) is 0.675. The number of hydrogen-bond acceptors (Lipinski definition) is 1. The van der Waals surface area contributed by atoms with Crippen molar-refractivity contribution in [1.82, 2.24) is 4.98 Å². The van der Waals surface area contributed by atoms with Crippen LogP contribution in [0, 0.1) is 0 Å². The van der Waals surface area contributed by atoms with Gasteiger partial charge in [0.05, 0.1) is 7.05 Å². The molecule has 0 amide bonds. The van der Waals surface area contributed by atoms with E-state index in [4.69, 9.17) is 0 Å². The molecule has 3 aromatic rings. The molecule has 3 rings (SSSR count). The number of rotatable bonds is 6. The largest absolute Gasteiger partial charge is 0.360 e. The molecule has 0 saturated carbocycles. The van der Waals surface area contributed by atoms with Crippen LogP contribution >= 0.6 is 0 Å². The second-order valence-electron chi connectivity index (χ2n) is 6.12. The van der Waals surface area contributed by atoms with E-state index in [1.165, 1.54) is 16.0 Å². The predicted molar refractivity (Wildman–Crippen MR) is 93.9 cm³/mol. The van der Waals surface area contributed by atoms with E-state index in [0.717, 1.165) is 29.4 Å². The van der Waals surface area contributed by atoms with Gasteiger partial charge in [-0.1, -0.05) is 55.5 Å². The Kier molecular flexibility index (Phi) is 4.58. The Balaban J connectivity index is 1.76. The molecule has 0 fully saturated rings. The van der Waals surface area contributed by atoms with Gasteiger partial charge in [-0.15, -0.1) is 0 Å². The highest BCUT2D eigenvalue weighted by Gasteiger charge is 2.17. The third-order valence-corrected chi connectivity index (χ3v) is 4.29. The Labute approximate surface area is 136 Å². The zero-order chi connectivity index (χ0) is 16.2. The van der Waals surface area contributed by atoms with Crippen LogP contribution in [0.15, 0.2) is 54.7 Å². The smallest absolute Gasteiger partial charge is 0.219 e. The summed E-state index contributed by atoms with van der Waals surface area (Å²) in [6.45, 7) is 3.49. The number of ketones is 1. The monoisotopic (exact) mass is 307 g/mol. The first-order valence-electron chi connectivity index (χ1n) is 8.16. The lowest BCUT2D eigenvalue weighted by atomic mass is 10.0. The zero-order valence-electron chi connectivity index (χ0n) is 13.7. The van der Waals surface area contributed by atoms with E-state index in [0.29, 0.717) is 6.54 Å². The number of fused-ring (bicyclic) bond motifs is 1. The van der Waals surface area contributed by atoms with Crippen LogP contribution in [0.25, 0.3) is 10.9 Å². The molecule has 3 heteroatoms. The van der Waals surface area contributed by atoms with E-state index in [1.54, 1.807) is 0 Å². The SMILES string of the molecule is CCc1cccc2c(C(=O)C[NH+](C)Cc3ccccc3)c[nH]c12.